The van der Waals surface area contributed by atoms with E-state index in [-0.39, 0.29) is 12.7 Å². The first-order valence-corrected chi connectivity index (χ1v) is 11.1. The highest BCUT2D eigenvalue weighted by Gasteiger charge is 2.33. The lowest BCUT2D eigenvalue weighted by Crippen LogP contribution is -2.21. The van der Waals surface area contributed by atoms with Crippen molar-refractivity contribution in [2.45, 2.75) is 19.4 Å². The third-order valence-corrected chi connectivity index (χ3v) is 6.02. The van der Waals surface area contributed by atoms with Gasteiger partial charge in [-0.1, -0.05) is 35.9 Å². The molecule has 1 atom stereocenters. The standard InChI is InChI=1S/C26H21ClN2O5/c1-2-30-22-9-15(7-8-20(22)31-13-16-5-3-4-6-19(16)27)25-17-10-23-24(33-14-32-23)11-21(17)34-26(29)18(25)12-28/h3-11,25H,2,13-14,29H2,1H3. The topological polar surface area (TPSA) is 96.0 Å². The Bertz CT molecular complexity index is 1330. The minimum atomic E-state index is -0.472. The second-order valence-electron chi connectivity index (χ2n) is 7.69. The quantitative estimate of drug-likeness (QED) is 0.518. The highest BCUT2D eigenvalue weighted by atomic mass is 35.5. The maximum atomic E-state index is 9.88. The van der Waals surface area contributed by atoms with Crippen LogP contribution in [0.1, 0.15) is 29.5 Å². The first-order valence-electron chi connectivity index (χ1n) is 10.7. The fourth-order valence-electron chi connectivity index (χ4n) is 4.05. The lowest BCUT2D eigenvalue weighted by molar-refractivity contribution is 0.174. The number of benzene rings is 3. The van der Waals surface area contributed by atoms with E-state index in [2.05, 4.69) is 6.07 Å². The smallest absolute Gasteiger partial charge is 0.231 e. The largest absolute Gasteiger partial charge is 0.490 e. The number of nitrogens with zero attached hydrogens (tertiary/aromatic N) is 1. The molecule has 3 aromatic rings. The molecule has 0 spiro atoms. The van der Waals surface area contributed by atoms with Crippen LogP contribution in [0.15, 0.2) is 66.1 Å². The number of fused-ring (bicyclic) bond motifs is 2. The Balaban J connectivity index is 1.53. The van der Waals surface area contributed by atoms with E-state index < -0.39 is 5.92 Å². The Morgan fingerprint density at radius 3 is 2.59 bits per heavy atom. The van der Waals surface area contributed by atoms with Crippen molar-refractivity contribution in [3.63, 3.8) is 0 Å². The minimum Gasteiger partial charge on any atom is -0.490 e. The summed E-state index contributed by atoms with van der Waals surface area (Å²) in [5.41, 5.74) is 8.85. The number of halogens is 1. The Morgan fingerprint density at radius 2 is 1.82 bits per heavy atom. The molecule has 0 saturated carbocycles. The molecule has 0 fully saturated rings. The molecule has 0 radical (unpaired) electrons. The van der Waals surface area contributed by atoms with E-state index in [4.69, 9.17) is 41.0 Å². The zero-order valence-corrected chi connectivity index (χ0v) is 19.1. The number of nitrogens with two attached hydrogens (primary N) is 1. The van der Waals surface area contributed by atoms with Crippen molar-refractivity contribution < 1.29 is 23.7 Å². The van der Waals surface area contributed by atoms with Gasteiger partial charge in [0.25, 0.3) is 0 Å². The number of nitriles is 1. The second kappa shape index (κ2) is 9.08. The Morgan fingerprint density at radius 1 is 1.03 bits per heavy atom. The fraction of sp³-hybridized carbons (Fsp3) is 0.192. The maximum Gasteiger partial charge on any atom is 0.231 e. The van der Waals surface area contributed by atoms with Gasteiger partial charge in [-0.05, 0) is 36.8 Å². The fourth-order valence-corrected chi connectivity index (χ4v) is 4.24. The van der Waals surface area contributed by atoms with Gasteiger partial charge in [0.2, 0.25) is 12.7 Å². The predicted molar refractivity (Wildman–Crippen MR) is 125 cm³/mol. The van der Waals surface area contributed by atoms with Gasteiger partial charge in [0, 0.05) is 22.2 Å². The molecule has 172 valence electrons. The van der Waals surface area contributed by atoms with Crippen LogP contribution in [-0.4, -0.2) is 13.4 Å². The molecule has 2 aliphatic heterocycles. The number of allylic oxidation sites excluding steroid dienone is 1. The van der Waals surface area contributed by atoms with Crippen molar-refractivity contribution in [2.24, 2.45) is 5.73 Å². The van der Waals surface area contributed by atoms with Gasteiger partial charge in [0.1, 0.15) is 24.0 Å². The third kappa shape index (κ3) is 3.93. The Labute approximate surface area is 201 Å². The van der Waals surface area contributed by atoms with Crippen molar-refractivity contribution in [2.75, 3.05) is 13.4 Å². The van der Waals surface area contributed by atoms with E-state index in [1.807, 2.05) is 55.5 Å². The summed E-state index contributed by atoms with van der Waals surface area (Å²) in [7, 11) is 0. The predicted octanol–water partition coefficient (Wildman–Crippen LogP) is 5.26. The summed E-state index contributed by atoms with van der Waals surface area (Å²) < 4.78 is 28.7. The van der Waals surface area contributed by atoms with E-state index in [1.165, 1.54) is 0 Å². The molecule has 0 aromatic heterocycles. The van der Waals surface area contributed by atoms with Crippen molar-refractivity contribution in [3.8, 4) is 34.8 Å². The molecule has 2 aliphatic rings. The van der Waals surface area contributed by atoms with E-state index in [1.54, 1.807) is 6.07 Å². The molecule has 0 bridgehead atoms. The van der Waals surface area contributed by atoms with Gasteiger partial charge >= 0.3 is 0 Å². The summed E-state index contributed by atoms with van der Waals surface area (Å²) in [6.07, 6.45) is 0. The highest BCUT2D eigenvalue weighted by Crippen LogP contribution is 2.48. The van der Waals surface area contributed by atoms with E-state index in [0.29, 0.717) is 52.6 Å². The van der Waals surface area contributed by atoms with Gasteiger partial charge in [-0.15, -0.1) is 0 Å². The zero-order chi connectivity index (χ0) is 23.7. The van der Waals surface area contributed by atoms with Crippen LogP contribution in [0.25, 0.3) is 0 Å². The highest BCUT2D eigenvalue weighted by molar-refractivity contribution is 6.31. The molecule has 0 amide bonds. The Kier molecular flexibility index (Phi) is 5.83. The van der Waals surface area contributed by atoms with Crippen LogP contribution in [0.3, 0.4) is 0 Å². The summed E-state index contributed by atoms with van der Waals surface area (Å²) >= 11 is 6.26. The van der Waals surface area contributed by atoms with Crippen LogP contribution < -0.4 is 29.4 Å². The molecule has 34 heavy (non-hydrogen) atoms. The minimum absolute atomic E-state index is 0.0517. The SMILES string of the molecule is CCOc1cc(C2C(C#N)=C(N)Oc3cc4c(cc32)OCO4)ccc1OCc1ccccc1Cl. The van der Waals surface area contributed by atoms with Crippen molar-refractivity contribution in [3.05, 3.63) is 87.8 Å². The van der Waals surface area contributed by atoms with E-state index in [9.17, 15) is 5.26 Å². The zero-order valence-electron chi connectivity index (χ0n) is 18.3. The molecule has 2 N–H and O–H groups in total. The van der Waals surface area contributed by atoms with Crippen LogP contribution in [0, 0.1) is 11.3 Å². The van der Waals surface area contributed by atoms with Gasteiger partial charge < -0.3 is 29.4 Å². The number of hydrogen-bond acceptors (Lipinski definition) is 7. The maximum absolute atomic E-state index is 9.88. The van der Waals surface area contributed by atoms with Gasteiger partial charge in [-0.25, -0.2) is 0 Å². The summed E-state index contributed by atoms with van der Waals surface area (Å²) in [5, 5.41) is 10.5. The molecule has 2 heterocycles. The lowest BCUT2D eigenvalue weighted by atomic mass is 9.83. The van der Waals surface area contributed by atoms with Crippen LogP contribution in [0.2, 0.25) is 5.02 Å². The average Bonchev–Trinajstić information content (AvgIpc) is 3.29. The molecule has 5 rings (SSSR count). The summed E-state index contributed by atoms with van der Waals surface area (Å²) in [4.78, 5) is 0. The van der Waals surface area contributed by atoms with Gasteiger partial charge in [-0.2, -0.15) is 5.26 Å². The number of ether oxygens (including phenoxy) is 5. The van der Waals surface area contributed by atoms with Crippen molar-refractivity contribution >= 4 is 11.6 Å². The Hall–Kier alpha value is -4.02. The van der Waals surface area contributed by atoms with Crippen LogP contribution in [-0.2, 0) is 6.61 Å². The van der Waals surface area contributed by atoms with Crippen LogP contribution in [0.5, 0.6) is 28.7 Å². The van der Waals surface area contributed by atoms with Gasteiger partial charge in [0.15, 0.2) is 23.0 Å². The van der Waals surface area contributed by atoms with Crippen LogP contribution in [0.4, 0.5) is 0 Å². The molecule has 7 nitrogen and oxygen atoms in total. The van der Waals surface area contributed by atoms with Crippen molar-refractivity contribution in [1.29, 1.82) is 5.26 Å². The summed E-state index contributed by atoms with van der Waals surface area (Å²) in [6, 6.07) is 18.8. The summed E-state index contributed by atoms with van der Waals surface area (Å²) in [6.45, 7) is 2.76. The lowest BCUT2D eigenvalue weighted by Gasteiger charge is -2.27. The van der Waals surface area contributed by atoms with Crippen molar-refractivity contribution in [1.82, 2.24) is 0 Å². The van der Waals surface area contributed by atoms with E-state index in [0.717, 1.165) is 16.7 Å². The normalized spacial score (nSPS) is 15.9. The molecule has 0 aliphatic carbocycles. The number of hydrogen-bond donors (Lipinski definition) is 1. The van der Waals surface area contributed by atoms with Crippen LogP contribution >= 0.6 is 11.6 Å². The molecular weight excluding hydrogens is 456 g/mol. The first-order chi connectivity index (χ1) is 16.6. The van der Waals surface area contributed by atoms with Gasteiger partial charge in [0.05, 0.1) is 12.5 Å². The number of rotatable bonds is 6. The summed E-state index contributed by atoms with van der Waals surface area (Å²) in [5.74, 6) is 2.38. The monoisotopic (exact) mass is 476 g/mol. The second-order valence-corrected chi connectivity index (χ2v) is 8.09. The molecule has 1 unspecified atom stereocenters. The first kappa shape index (κ1) is 21.8. The third-order valence-electron chi connectivity index (χ3n) is 5.65. The van der Waals surface area contributed by atoms with Gasteiger partial charge in [-0.3, -0.25) is 0 Å². The molecule has 8 heteroatoms. The average molecular weight is 477 g/mol. The molecule has 3 aromatic carbocycles. The van der Waals surface area contributed by atoms with E-state index >= 15 is 0 Å². The molecule has 0 saturated heterocycles. The molecular formula is C26H21ClN2O5.